The highest BCUT2D eigenvalue weighted by atomic mass is 32.1. The van der Waals surface area contributed by atoms with Crippen molar-refractivity contribution in [1.29, 1.82) is 0 Å². The number of thiocarbonyl (C=S) groups is 1. The van der Waals surface area contributed by atoms with Crippen LogP contribution in [0.1, 0.15) is 15.9 Å². The first-order chi connectivity index (χ1) is 9.65. The van der Waals surface area contributed by atoms with Crippen LogP contribution >= 0.6 is 12.2 Å². The number of carbonyl (C=O) groups excluding carboxylic acids is 1. The third-order valence-corrected chi connectivity index (χ3v) is 2.81. The molecule has 0 aromatic heterocycles. The molecule has 4 N–H and O–H groups in total. The van der Waals surface area contributed by atoms with E-state index in [0.29, 0.717) is 12.1 Å². The summed E-state index contributed by atoms with van der Waals surface area (Å²) < 4.78 is 0. The molecule has 0 aliphatic carbocycles. The van der Waals surface area contributed by atoms with E-state index in [4.69, 9.17) is 18.0 Å². The van der Waals surface area contributed by atoms with E-state index in [2.05, 4.69) is 10.6 Å². The molecule has 0 atom stereocenters. The molecule has 0 spiro atoms. The first-order valence-corrected chi connectivity index (χ1v) is 6.54. The normalized spacial score (nSPS) is 9.80. The summed E-state index contributed by atoms with van der Waals surface area (Å²) >= 11 is 4.75. The zero-order chi connectivity index (χ0) is 14.4. The molecule has 5 heteroatoms. The summed E-state index contributed by atoms with van der Waals surface area (Å²) in [4.78, 5) is 12.0. The zero-order valence-corrected chi connectivity index (χ0v) is 11.6. The lowest BCUT2D eigenvalue weighted by molar-refractivity contribution is 0.0951. The maximum atomic E-state index is 12.0. The Labute approximate surface area is 123 Å². The van der Waals surface area contributed by atoms with Gasteiger partial charge in [-0.05, 0) is 42.0 Å². The second-order valence-corrected chi connectivity index (χ2v) is 4.67. The number of carbonyl (C=O) groups is 1. The summed E-state index contributed by atoms with van der Waals surface area (Å²) in [6.07, 6.45) is 0. The van der Waals surface area contributed by atoms with Crippen LogP contribution in [0.5, 0.6) is 0 Å². The van der Waals surface area contributed by atoms with Crippen LogP contribution in [0, 0.1) is 0 Å². The Morgan fingerprint density at radius 2 is 1.70 bits per heavy atom. The van der Waals surface area contributed by atoms with Gasteiger partial charge in [-0.2, -0.15) is 0 Å². The minimum Gasteiger partial charge on any atom is -0.376 e. The lowest BCUT2D eigenvalue weighted by Gasteiger charge is -2.07. The van der Waals surface area contributed by atoms with Gasteiger partial charge in [0.2, 0.25) is 0 Å². The van der Waals surface area contributed by atoms with Crippen LogP contribution in [0.25, 0.3) is 0 Å². The third-order valence-electron chi connectivity index (χ3n) is 2.71. The van der Waals surface area contributed by atoms with Gasteiger partial charge in [-0.15, -0.1) is 0 Å². The molecule has 0 unspecified atom stereocenters. The predicted molar refractivity (Wildman–Crippen MR) is 84.5 cm³/mol. The summed E-state index contributed by atoms with van der Waals surface area (Å²) in [7, 11) is 0. The fraction of sp³-hybridized carbons (Fsp3) is 0.0667. The van der Waals surface area contributed by atoms with Gasteiger partial charge < -0.3 is 16.4 Å². The Hall–Kier alpha value is -2.40. The minimum absolute atomic E-state index is 0.115. The Kier molecular flexibility index (Phi) is 4.68. The van der Waals surface area contributed by atoms with Crippen molar-refractivity contribution < 1.29 is 4.79 Å². The molecule has 0 radical (unpaired) electrons. The van der Waals surface area contributed by atoms with E-state index >= 15 is 0 Å². The largest absolute Gasteiger partial charge is 0.376 e. The monoisotopic (exact) mass is 285 g/mol. The first-order valence-electron chi connectivity index (χ1n) is 6.14. The van der Waals surface area contributed by atoms with Gasteiger partial charge in [-0.1, -0.05) is 30.3 Å². The summed E-state index contributed by atoms with van der Waals surface area (Å²) in [5, 5.41) is 5.87. The molecule has 1 amide bonds. The number of anilines is 1. The van der Waals surface area contributed by atoms with Gasteiger partial charge in [-0.25, -0.2) is 0 Å². The van der Waals surface area contributed by atoms with Crippen molar-refractivity contribution in [3.8, 4) is 0 Å². The molecule has 2 rings (SSSR count). The summed E-state index contributed by atoms with van der Waals surface area (Å²) in [5.41, 5.74) is 7.79. The molecule has 0 bridgehead atoms. The number of nitrogens with two attached hydrogens (primary N) is 1. The van der Waals surface area contributed by atoms with Gasteiger partial charge in [-0.3, -0.25) is 4.79 Å². The van der Waals surface area contributed by atoms with Crippen molar-refractivity contribution in [3.05, 3.63) is 65.7 Å². The standard InChI is InChI=1S/C15H15N3OS/c16-15(20)18-13-8-6-12(7-9-13)14(19)17-10-11-4-2-1-3-5-11/h1-9H,10H2,(H,17,19)(H3,16,18,20). The molecular weight excluding hydrogens is 270 g/mol. The maximum absolute atomic E-state index is 12.0. The third kappa shape index (κ3) is 4.07. The SMILES string of the molecule is NC(=S)Nc1ccc(C(=O)NCc2ccccc2)cc1. The van der Waals surface area contributed by atoms with E-state index in [-0.39, 0.29) is 11.0 Å². The molecule has 2 aromatic rings. The number of benzene rings is 2. The summed E-state index contributed by atoms with van der Waals surface area (Å²) in [6, 6.07) is 16.7. The van der Waals surface area contributed by atoms with Crippen molar-refractivity contribution in [2.24, 2.45) is 5.73 Å². The van der Waals surface area contributed by atoms with Gasteiger partial charge >= 0.3 is 0 Å². The van der Waals surface area contributed by atoms with E-state index < -0.39 is 0 Å². The van der Waals surface area contributed by atoms with Gasteiger partial charge in [0.25, 0.3) is 5.91 Å². The Bertz CT molecular complexity index is 596. The predicted octanol–water partition coefficient (Wildman–Crippen LogP) is 2.27. The quantitative estimate of drug-likeness (QED) is 0.754. The molecule has 4 nitrogen and oxygen atoms in total. The van der Waals surface area contributed by atoms with E-state index in [0.717, 1.165) is 11.3 Å². The van der Waals surface area contributed by atoms with Crippen molar-refractivity contribution in [3.63, 3.8) is 0 Å². The number of rotatable bonds is 4. The Balaban J connectivity index is 1.94. The molecule has 2 aromatic carbocycles. The number of hydrogen-bond acceptors (Lipinski definition) is 2. The fourth-order valence-electron chi connectivity index (χ4n) is 1.73. The van der Waals surface area contributed by atoms with Crippen LogP contribution in [0.2, 0.25) is 0 Å². The summed E-state index contributed by atoms with van der Waals surface area (Å²) in [6.45, 7) is 0.507. The smallest absolute Gasteiger partial charge is 0.251 e. The maximum Gasteiger partial charge on any atom is 0.251 e. The first kappa shape index (κ1) is 14.0. The number of hydrogen-bond donors (Lipinski definition) is 3. The molecular formula is C15H15N3OS. The Morgan fingerprint density at radius 1 is 1.05 bits per heavy atom. The number of amides is 1. The molecule has 0 saturated heterocycles. The number of nitrogens with one attached hydrogen (secondary N) is 2. The molecule has 0 heterocycles. The second kappa shape index (κ2) is 6.68. The average Bonchev–Trinajstić information content (AvgIpc) is 2.46. The molecule has 20 heavy (non-hydrogen) atoms. The highest BCUT2D eigenvalue weighted by Crippen LogP contribution is 2.09. The van der Waals surface area contributed by atoms with Crippen molar-refractivity contribution in [1.82, 2.24) is 5.32 Å². The van der Waals surface area contributed by atoms with Crippen molar-refractivity contribution >= 4 is 28.9 Å². The van der Waals surface area contributed by atoms with Crippen molar-refractivity contribution in [2.45, 2.75) is 6.54 Å². The molecule has 0 fully saturated rings. The van der Waals surface area contributed by atoms with Crippen LogP contribution in [0.4, 0.5) is 5.69 Å². The molecule has 102 valence electrons. The average molecular weight is 285 g/mol. The van der Waals surface area contributed by atoms with Crippen molar-refractivity contribution in [2.75, 3.05) is 5.32 Å². The van der Waals surface area contributed by atoms with Crippen LogP contribution in [0.3, 0.4) is 0 Å². The van der Waals surface area contributed by atoms with Crippen LogP contribution < -0.4 is 16.4 Å². The van der Waals surface area contributed by atoms with E-state index in [1.807, 2.05) is 30.3 Å². The highest BCUT2D eigenvalue weighted by Gasteiger charge is 2.05. The fourth-order valence-corrected chi connectivity index (χ4v) is 1.85. The molecule has 0 aliphatic rings. The molecule has 0 saturated carbocycles. The zero-order valence-electron chi connectivity index (χ0n) is 10.8. The Morgan fingerprint density at radius 3 is 2.30 bits per heavy atom. The van der Waals surface area contributed by atoms with E-state index in [1.165, 1.54) is 0 Å². The summed E-state index contributed by atoms with van der Waals surface area (Å²) in [5.74, 6) is -0.115. The highest BCUT2D eigenvalue weighted by molar-refractivity contribution is 7.80. The van der Waals surface area contributed by atoms with Crippen LogP contribution in [-0.2, 0) is 6.54 Å². The van der Waals surface area contributed by atoms with Crippen LogP contribution in [0.15, 0.2) is 54.6 Å². The van der Waals surface area contributed by atoms with E-state index in [1.54, 1.807) is 24.3 Å². The van der Waals surface area contributed by atoms with Gasteiger partial charge in [0.05, 0.1) is 0 Å². The van der Waals surface area contributed by atoms with Gasteiger partial charge in [0, 0.05) is 17.8 Å². The van der Waals surface area contributed by atoms with Gasteiger partial charge in [0.15, 0.2) is 5.11 Å². The molecule has 0 aliphatic heterocycles. The van der Waals surface area contributed by atoms with E-state index in [9.17, 15) is 4.79 Å². The lowest BCUT2D eigenvalue weighted by Crippen LogP contribution is -2.23. The second-order valence-electron chi connectivity index (χ2n) is 4.23. The van der Waals surface area contributed by atoms with Crippen LogP contribution in [-0.4, -0.2) is 11.0 Å². The topological polar surface area (TPSA) is 67.1 Å². The minimum atomic E-state index is -0.115. The van der Waals surface area contributed by atoms with Gasteiger partial charge in [0.1, 0.15) is 0 Å². The lowest BCUT2D eigenvalue weighted by atomic mass is 10.2.